The molecule has 0 fully saturated rings. The molecule has 1 N–H and O–H groups in total. The monoisotopic (exact) mass is 286 g/mol. The lowest BCUT2D eigenvalue weighted by molar-refractivity contribution is -0.131. The molecular weight excluding hydrogens is 276 g/mol. The molecule has 0 radical (unpaired) electrons. The highest BCUT2D eigenvalue weighted by molar-refractivity contribution is 9.10. The lowest BCUT2D eigenvalue weighted by atomic mass is 10.3. The number of carboxylic acids is 1. The predicted molar refractivity (Wildman–Crippen MR) is 62.3 cm³/mol. The van der Waals surface area contributed by atoms with E-state index in [0.717, 1.165) is 6.08 Å². The highest BCUT2D eigenvalue weighted by atomic mass is 79.9. The topological polar surface area (TPSA) is 72.2 Å². The van der Waals surface area contributed by atoms with Crippen LogP contribution in [0.15, 0.2) is 27.2 Å². The molecule has 0 amide bonds. The molecule has 16 heavy (non-hydrogen) atoms. The van der Waals surface area contributed by atoms with Gasteiger partial charge in [0.2, 0.25) is 0 Å². The van der Waals surface area contributed by atoms with E-state index in [9.17, 15) is 9.59 Å². The van der Waals surface area contributed by atoms with Crippen molar-refractivity contribution in [2.24, 2.45) is 0 Å². The van der Waals surface area contributed by atoms with Crippen molar-refractivity contribution in [1.82, 2.24) is 9.55 Å². The number of aliphatic carboxylic acids is 1. The van der Waals surface area contributed by atoms with E-state index < -0.39 is 5.97 Å². The van der Waals surface area contributed by atoms with E-state index in [-0.39, 0.29) is 12.1 Å². The van der Waals surface area contributed by atoms with Gasteiger partial charge in [-0.2, -0.15) is 0 Å². The minimum absolute atomic E-state index is 0.217. The maximum absolute atomic E-state index is 11.7. The summed E-state index contributed by atoms with van der Waals surface area (Å²) in [4.78, 5) is 26.1. The number of rotatable bonds is 3. The number of aryl methyl sites for hydroxylation is 1. The highest BCUT2D eigenvalue weighted by Gasteiger charge is 2.05. The number of hydrogen-bond donors (Lipinski definition) is 1. The van der Waals surface area contributed by atoms with Gasteiger partial charge in [-0.25, -0.2) is 9.78 Å². The lowest BCUT2D eigenvalue weighted by Gasteiger charge is -2.06. The van der Waals surface area contributed by atoms with Crippen LogP contribution in [0.2, 0.25) is 0 Å². The molecule has 1 aromatic rings. The Morgan fingerprint density at radius 2 is 2.31 bits per heavy atom. The molecule has 0 bridgehead atoms. The first-order valence-corrected chi connectivity index (χ1v) is 5.32. The van der Waals surface area contributed by atoms with Gasteiger partial charge < -0.3 is 5.11 Å². The third-order valence-electron chi connectivity index (χ3n) is 1.95. The maximum Gasteiger partial charge on any atom is 0.328 e. The molecule has 5 nitrogen and oxygen atoms in total. The summed E-state index contributed by atoms with van der Waals surface area (Å²) in [6.45, 7) is 3.58. The van der Waals surface area contributed by atoms with Crippen LogP contribution in [0, 0.1) is 6.92 Å². The van der Waals surface area contributed by atoms with Gasteiger partial charge in [-0.05, 0) is 35.4 Å². The number of halogens is 1. The van der Waals surface area contributed by atoms with Gasteiger partial charge in [0.1, 0.15) is 4.47 Å². The molecule has 0 aliphatic carbocycles. The maximum atomic E-state index is 11.7. The highest BCUT2D eigenvalue weighted by Crippen LogP contribution is 2.07. The van der Waals surface area contributed by atoms with Gasteiger partial charge in [0, 0.05) is 12.6 Å². The van der Waals surface area contributed by atoms with Gasteiger partial charge in [0.15, 0.2) is 0 Å². The summed E-state index contributed by atoms with van der Waals surface area (Å²) in [7, 11) is 0. The summed E-state index contributed by atoms with van der Waals surface area (Å²) in [6.07, 6.45) is 2.47. The van der Waals surface area contributed by atoms with Gasteiger partial charge in [-0.3, -0.25) is 9.36 Å². The number of hydrogen-bond acceptors (Lipinski definition) is 3. The van der Waals surface area contributed by atoms with Crippen LogP contribution in [0.5, 0.6) is 0 Å². The normalized spacial score (nSPS) is 11.6. The molecule has 0 atom stereocenters. The molecular formula is C10H11BrN2O3. The van der Waals surface area contributed by atoms with E-state index in [4.69, 9.17) is 5.11 Å². The second kappa shape index (κ2) is 5.07. The Hall–Kier alpha value is -1.43. The fraction of sp³-hybridized carbons (Fsp3) is 0.300. The summed E-state index contributed by atoms with van der Waals surface area (Å²) in [5.74, 6) is -1.02. The van der Waals surface area contributed by atoms with Gasteiger partial charge in [0.05, 0.1) is 12.0 Å². The van der Waals surface area contributed by atoms with Crippen molar-refractivity contribution in [1.29, 1.82) is 0 Å². The Morgan fingerprint density at radius 3 is 2.88 bits per heavy atom. The van der Waals surface area contributed by atoms with Crippen molar-refractivity contribution in [3.05, 3.63) is 38.5 Å². The number of carboxylic acid groups (broad SMARTS) is 1. The Balaban J connectivity index is 3.04. The Morgan fingerprint density at radius 1 is 1.69 bits per heavy atom. The lowest BCUT2D eigenvalue weighted by Crippen LogP contribution is -2.22. The molecule has 0 saturated carbocycles. The molecule has 0 unspecified atom stereocenters. The van der Waals surface area contributed by atoms with Crippen LogP contribution in [0.4, 0.5) is 0 Å². The van der Waals surface area contributed by atoms with Crippen molar-refractivity contribution in [3.8, 4) is 0 Å². The average Bonchev–Trinajstić information content (AvgIpc) is 2.18. The van der Waals surface area contributed by atoms with Crippen molar-refractivity contribution in [2.75, 3.05) is 0 Å². The Labute approximate surface area is 101 Å². The fourth-order valence-corrected chi connectivity index (χ4v) is 1.51. The third-order valence-corrected chi connectivity index (χ3v) is 2.86. The quantitative estimate of drug-likeness (QED) is 0.852. The van der Waals surface area contributed by atoms with Crippen LogP contribution in [0.1, 0.15) is 12.6 Å². The molecule has 0 aliphatic rings. The first-order valence-electron chi connectivity index (χ1n) is 4.53. The van der Waals surface area contributed by atoms with Gasteiger partial charge >= 0.3 is 5.97 Å². The molecule has 1 aromatic heterocycles. The van der Waals surface area contributed by atoms with E-state index in [0.29, 0.717) is 15.7 Å². The van der Waals surface area contributed by atoms with E-state index in [1.807, 2.05) is 0 Å². The summed E-state index contributed by atoms with van der Waals surface area (Å²) in [6, 6.07) is 0. The smallest absolute Gasteiger partial charge is 0.328 e. The second-order valence-corrected chi connectivity index (χ2v) is 4.20. The van der Waals surface area contributed by atoms with E-state index in [1.165, 1.54) is 10.9 Å². The first kappa shape index (κ1) is 12.6. The van der Waals surface area contributed by atoms with E-state index in [2.05, 4.69) is 20.9 Å². The third kappa shape index (κ3) is 3.03. The number of aromatic nitrogens is 2. The molecule has 0 spiro atoms. The number of carbonyl (C=O) groups is 1. The standard InChI is InChI=1S/C10H11BrN2O3/c1-6(3-8(14)15)4-13-5-12-7(2)9(11)10(13)16/h3,5H,4H2,1-2H3,(H,14,15). The SMILES string of the molecule is CC(=CC(=O)O)Cn1cnc(C)c(Br)c1=O. The minimum atomic E-state index is -1.02. The van der Waals surface area contributed by atoms with Crippen LogP contribution in [0.25, 0.3) is 0 Å². The van der Waals surface area contributed by atoms with Gasteiger partial charge in [-0.1, -0.05) is 0 Å². The zero-order chi connectivity index (χ0) is 12.3. The number of allylic oxidation sites excluding steroid dienone is 1. The summed E-state index contributed by atoms with van der Waals surface area (Å²) >= 11 is 3.14. The molecule has 6 heteroatoms. The minimum Gasteiger partial charge on any atom is -0.478 e. The molecule has 0 aliphatic heterocycles. The molecule has 0 aromatic carbocycles. The zero-order valence-corrected chi connectivity index (χ0v) is 10.5. The average molecular weight is 287 g/mol. The van der Waals surface area contributed by atoms with Gasteiger partial charge in [0.25, 0.3) is 5.56 Å². The van der Waals surface area contributed by atoms with Crippen LogP contribution in [-0.4, -0.2) is 20.6 Å². The van der Waals surface area contributed by atoms with Crippen molar-refractivity contribution < 1.29 is 9.90 Å². The van der Waals surface area contributed by atoms with E-state index in [1.54, 1.807) is 13.8 Å². The molecule has 0 saturated heterocycles. The second-order valence-electron chi connectivity index (χ2n) is 3.41. The van der Waals surface area contributed by atoms with Crippen molar-refractivity contribution in [2.45, 2.75) is 20.4 Å². The van der Waals surface area contributed by atoms with Crippen LogP contribution in [0.3, 0.4) is 0 Å². The van der Waals surface area contributed by atoms with Crippen LogP contribution >= 0.6 is 15.9 Å². The molecule has 1 rings (SSSR count). The molecule has 1 heterocycles. The Bertz CT molecular complexity index is 505. The van der Waals surface area contributed by atoms with Crippen LogP contribution < -0.4 is 5.56 Å². The predicted octanol–water partition coefficient (Wildman–Crippen LogP) is 1.35. The van der Waals surface area contributed by atoms with Gasteiger partial charge in [-0.15, -0.1) is 0 Å². The van der Waals surface area contributed by atoms with Crippen molar-refractivity contribution in [3.63, 3.8) is 0 Å². The molecule has 86 valence electrons. The summed E-state index contributed by atoms with van der Waals surface area (Å²) < 4.78 is 1.75. The summed E-state index contributed by atoms with van der Waals surface area (Å²) in [5, 5.41) is 8.54. The zero-order valence-electron chi connectivity index (χ0n) is 8.90. The number of nitrogens with zero attached hydrogens (tertiary/aromatic N) is 2. The van der Waals surface area contributed by atoms with Crippen molar-refractivity contribution >= 4 is 21.9 Å². The van der Waals surface area contributed by atoms with Crippen LogP contribution in [-0.2, 0) is 11.3 Å². The Kier molecular flexibility index (Phi) is 4.00. The largest absolute Gasteiger partial charge is 0.478 e. The van der Waals surface area contributed by atoms with E-state index >= 15 is 0 Å². The first-order chi connectivity index (χ1) is 7.41. The fourth-order valence-electron chi connectivity index (χ4n) is 1.18. The summed E-state index contributed by atoms with van der Waals surface area (Å²) in [5.41, 5.74) is 0.971.